The maximum Gasteiger partial charge on any atom is 0.357 e. The zero-order chi connectivity index (χ0) is 21.0. The van der Waals surface area contributed by atoms with E-state index >= 15 is 0 Å². The zero-order valence-corrected chi connectivity index (χ0v) is 16.7. The molecule has 0 aliphatic carbocycles. The van der Waals surface area contributed by atoms with Gasteiger partial charge in [0, 0.05) is 22.4 Å². The van der Waals surface area contributed by atoms with Crippen LogP contribution in [0.3, 0.4) is 0 Å². The molecular formula is C20H15ClF3NO3S. The number of nitrogens with zero attached hydrogens (tertiary/aromatic N) is 1. The molecule has 0 fully saturated rings. The fraction of sp³-hybridized carbons (Fsp3) is 0.200. The molecule has 0 aliphatic heterocycles. The van der Waals surface area contributed by atoms with Crippen LogP contribution in [0.4, 0.5) is 13.2 Å². The smallest absolute Gasteiger partial charge is 0.357 e. The Kier molecular flexibility index (Phi) is 6.76. The van der Waals surface area contributed by atoms with Gasteiger partial charge in [-0.3, -0.25) is 0 Å². The van der Waals surface area contributed by atoms with Gasteiger partial charge in [0.05, 0.1) is 11.6 Å². The summed E-state index contributed by atoms with van der Waals surface area (Å²) in [6, 6.07) is 6.65. The van der Waals surface area contributed by atoms with Crippen molar-refractivity contribution in [2.45, 2.75) is 20.0 Å². The molecule has 0 saturated carbocycles. The topological polar surface area (TPSA) is 48.4 Å². The number of carbonyl (C=O) groups is 1. The molecule has 29 heavy (non-hydrogen) atoms. The standard InChI is InChI=1S/C20H15ClF3NO3S/c1-2-27-20(26)16-10-29-18(25-16)8-12-7-13(21)3-4-17(12)28-9-11-5-14(22)19(24)15(23)6-11/h3-7,10H,2,8-9H2,1H3. The van der Waals surface area contributed by atoms with Crippen LogP contribution in [0, 0.1) is 17.5 Å². The summed E-state index contributed by atoms with van der Waals surface area (Å²) in [7, 11) is 0. The number of aromatic nitrogens is 1. The van der Waals surface area contributed by atoms with Gasteiger partial charge in [0.1, 0.15) is 12.4 Å². The highest BCUT2D eigenvalue weighted by atomic mass is 35.5. The van der Waals surface area contributed by atoms with E-state index in [0.29, 0.717) is 27.8 Å². The van der Waals surface area contributed by atoms with Gasteiger partial charge in [0.25, 0.3) is 0 Å². The summed E-state index contributed by atoms with van der Waals surface area (Å²) >= 11 is 7.35. The molecule has 0 bridgehead atoms. The third-order valence-corrected chi connectivity index (χ3v) is 4.92. The average molecular weight is 442 g/mol. The molecule has 1 heterocycles. The summed E-state index contributed by atoms with van der Waals surface area (Å²) in [5, 5.41) is 2.70. The highest BCUT2D eigenvalue weighted by molar-refractivity contribution is 7.09. The maximum absolute atomic E-state index is 13.4. The van der Waals surface area contributed by atoms with Crippen LogP contribution in [0.25, 0.3) is 0 Å². The van der Waals surface area contributed by atoms with Crippen LogP contribution in [0.2, 0.25) is 5.02 Å². The van der Waals surface area contributed by atoms with Crippen LogP contribution in [-0.4, -0.2) is 17.6 Å². The highest BCUT2D eigenvalue weighted by Gasteiger charge is 2.15. The SMILES string of the molecule is CCOC(=O)c1csc(Cc2cc(Cl)ccc2OCc2cc(F)c(F)c(F)c2)n1. The molecule has 0 radical (unpaired) electrons. The predicted octanol–water partition coefficient (Wildman–Crippen LogP) is 5.56. The largest absolute Gasteiger partial charge is 0.489 e. The molecule has 0 aliphatic rings. The molecule has 3 rings (SSSR count). The lowest BCUT2D eigenvalue weighted by molar-refractivity contribution is 0.0520. The average Bonchev–Trinajstić information content (AvgIpc) is 3.14. The van der Waals surface area contributed by atoms with E-state index in [1.807, 2.05) is 0 Å². The van der Waals surface area contributed by atoms with Crippen LogP contribution in [0.15, 0.2) is 35.7 Å². The first-order valence-corrected chi connectivity index (χ1v) is 9.79. The van der Waals surface area contributed by atoms with Crippen molar-refractivity contribution in [1.29, 1.82) is 0 Å². The van der Waals surface area contributed by atoms with Crippen molar-refractivity contribution in [2.75, 3.05) is 6.61 Å². The number of hydrogen-bond donors (Lipinski definition) is 0. The minimum Gasteiger partial charge on any atom is -0.489 e. The number of ether oxygens (including phenoxy) is 2. The van der Waals surface area contributed by atoms with Crippen LogP contribution in [-0.2, 0) is 17.8 Å². The summed E-state index contributed by atoms with van der Waals surface area (Å²) < 4.78 is 50.4. The maximum atomic E-state index is 13.4. The van der Waals surface area contributed by atoms with Gasteiger partial charge in [-0.1, -0.05) is 11.6 Å². The lowest BCUT2D eigenvalue weighted by Crippen LogP contribution is -2.05. The molecule has 152 valence electrons. The molecule has 9 heteroatoms. The third kappa shape index (κ3) is 5.27. The molecular weight excluding hydrogens is 427 g/mol. The van der Waals surface area contributed by atoms with Crippen molar-refractivity contribution < 1.29 is 27.4 Å². The van der Waals surface area contributed by atoms with Gasteiger partial charge < -0.3 is 9.47 Å². The van der Waals surface area contributed by atoms with Crippen LogP contribution >= 0.6 is 22.9 Å². The van der Waals surface area contributed by atoms with Gasteiger partial charge in [-0.15, -0.1) is 11.3 Å². The first-order valence-electron chi connectivity index (χ1n) is 8.53. The Hall–Kier alpha value is -2.58. The summed E-state index contributed by atoms with van der Waals surface area (Å²) in [4.78, 5) is 16.0. The van der Waals surface area contributed by atoms with Crippen molar-refractivity contribution >= 4 is 28.9 Å². The molecule has 0 N–H and O–H groups in total. The molecule has 2 aromatic carbocycles. The van der Waals surface area contributed by atoms with E-state index < -0.39 is 23.4 Å². The second-order valence-corrected chi connectivity index (χ2v) is 7.32. The molecule has 0 spiro atoms. The molecule has 3 aromatic rings. The van der Waals surface area contributed by atoms with E-state index in [4.69, 9.17) is 21.1 Å². The number of carbonyl (C=O) groups excluding carboxylic acids is 1. The van der Waals surface area contributed by atoms with E-state index in [1.165, 1.54) is 11.3 Å². The predicted molar refractivity (Wildman–Crippen MR) is 103 cm³/mol. The van der Waals surface area contributed by atoms with Gasteiger partial charge in [-0.25, -0.2) is 22.9 Å². The number of benzene rings is 2. The number of rotatable bonds is 7. The quantitative estimate of drug-likeness (QED) is 0.356. The minimum atomic E-state index is -1.53. The number of thiazole rings is 1. The van der Waals surface area contributed by atoms with Crippen molar-refractivity contribution in [3.8, 4) is 5.75 Å². The molecule has 0 unspecified atom stereocenters. The van der Waals surface area contributed by atoms with E-state index in [2.05, 4.69) is 4.98 Å². The Morgan fingerprint density at radius 2 is 1.90 bits per heavy atom. The van der Waals surface area contributed by atoms with Crippen LogP contribution in [0.5, 0.6) is 5.75 Å². The zero-order valence-electron chi connectivity index (χ0n) is 15.2. The molecule has 0 amide bonds. The number of esters is 1. The Morgan fingerprint density at radius 3 is 2.59 bits per heavy atom. The molecule has 1 aromatic heterocycles. The van der Waals surface area contributed by atoms with E-state index in [9.17, 15) is 18.0 Å². The first-order chi connectivity index (χ1) is 13.9. The van der Waals surface area contributed by atoms with E-state index in [0.717, 1.165) is 12.1 Å². The lowest BCUT2D eigenvalue weighted by Gasteiger charge is -2.12. The van der Waals surface area contributed by atoms with Crippen LogP contribution < -0.4 is 4.74 Å². The van der Waals surface area contributed by atoms with Gasteiger partial charge in [0.2, 0.25) is 0 Å². The van der Waals surface area contributed by atoms with Gasteiger partial charge in [-0.2, -0.15) is 0 Å². The normalized spacial score (nSPS) is 10.8. The van der Waals surface area contributed by atoms with E-state index in [-0.39, 0.29) is 24.5 Å². The van der Waals surface area contributed by atoms with E-state index in [1.54, 1.807) is 30.5 Å². The lowest BCUT2D eigenvalue weighted by atomic mass is 10.1. The van der Waals surface area contributed by atoms with Crippen LogP contribution in [0.1, 0.15) is 33.5 Å². The van der Waals surface area contributed by atoms with Crippen molar-refractivity contribution in [1.82, 2.24) is 4.98 Å². The summed E-state index contributed by atoms with van der Waals surface area (Å²) in [5.74, 6) is -4.17. The molecule has 0 atom stereocenters. The molecule has 4 nitrogen and oxygen atoms in total. The molecule has 0 saturated heterocycles. The minimum absolute atomic E-state index is 0.140. The number of hydrogen-bond acceptors (Lipinski definition) is 5. The van der Waals surface area contributed by atoms with Crippen molar-refractivity contribution in [3.63, 3.8) is 0 Å². The summed E-state index contributed by atoms with van der Waals surface area (Å²) in [5.41, 5.74) is 1.03. The van der Waals surface area contributed by atoms with Crippen molar-refractivity contribution in [3.05, 3.63) is 80.0 Å². The van der Waals surface area contributed by atoms with Crippen molar-refractivity contribution in [2.24, 2.45) is 0 Å². The van der Waals surface area contributed by atoms with Gasteiger partial charge >= 0.3 is 5.97 Å². The second kappa shape index (κ2) is 9.28. The summed E-state index contributed by atoms with van der Waals surface area (Å²) in [6.07, 6.45) is 0.326. The van der Waals surface area contributed by atoms with Gasteiger partial charge in [0.15, 0.2) is 23.1 Å². The monoisotopic (exact) mass is 441 g/mol. The Morgan fingerprint density at radius 1 is 1.17 bits per heavy atom. The highest BCUT2D eigenvalue weighted by Crippen LogP contribution is 2.28. The van der Waals surface area contributed by atoms with Gasteiger partial charge in [-0.05, 0) is 42.8 Å². The Labute approximate surface area is 173 Å². The third-order valence-electron chi connectivity index (χ3n) is 3.84. The fourth-order valence-electron chi connectivity index (χ4n) is 2.53. The Balaban J connectivity index is 1.77. The Bertz CT molecular complexity index is 1020. The first kappa shape index (κ1) is 21.1. The second-order valence-electron chi connectivity index (χ2n) is 5.94. The summed E-state index contributed by atoms with van der Waals surface area (Å²) in [6.45, 7) is 1.79. The fourth-order valence-corrected chi connectivity index (χ4v) is 3.51. The number of halogens is 4.